The Balaban J connectivity index is 1.41. The van der Waals surface area contributed by atoms with Gasteiger partial charge in [0.15, 0.2) is 0 Å². The van der Waals surface area contributed by atoms with Crippen LogP contribution in [0.15, 0.2) is 66.7 Å². The van der Waals surface area contributed by atoms with E-state index >= 15 is 0 Å². The average Bonchev–Trinajstić information content (AvgIpc) is 3.49. The zero-order valence-corrected chi connectivity index (χ0v) is 21.0. The van der Waals surface area contributed by atoms with Crippen LogP contribution in [-0.2, 0) is 13.1 Å². The van der Waals surface area contributed by atoms with Gasteiger partial charge in [-0.1, -0.05) is 48.5 Å². The molecule has 0 spiro atoms. The zero-order valence-electron chi connectivity index (χ0n) is 21.0. The van der Waals surface area contributed by atoms with Gasteiger partial charge in [0, 0.05) is 36.1 Å². The molecular weight excluding hydrogens is 462 g/mol. The first-order chi connectivity index (χ1) is 17.9. The molecule has 4 aromatic rings. The van der Waals surface area contributed by atoms with Crippen molar-refractivity contribution >= 4 is 28.7 Å². The molecule has 1 fully saturated rings. The molecule has 2 N–H and O–H groups in total. The largest absolute Gasteiger partial charge is 0.368 e. The number of amides is 2. The van der Waals surface area contributed by atoms with Crippen molar-refractivity contribution in [2.24, 2.45) is 0 Å². The zero-order chi connectivity index (χ0) is 25.7. The third-order valence-corrected chi connectivity index (χ3v) is 7.70. The third-order valence-electron chi connectivity index (χ3n) is 7.70. The Morgan fingerprint density at radius 2 is 1.49 bits per heavy atom. The van der Waals surface area contributed by atoms with Gasteiger partial charge in [0.25, 0.3) is 11.8 Å². The topological polar surface area (TPSA) is 92.4 Å². The number of likely N-dealkylation sites (tertiary alicyclic amines) is 1. The molecule has 0 aliphatic carbocycles. The Hall–Kier alpha value is -4.26. The van der Waals surface area contributed by atoms with E-state index in [1.54, 1.807) is 4.90 Å². The van der Waals surface area contributed by atoms with E-state index in [9.17, 15) is 9.59 Å². The van der Waals surface area contributed by atoms with Gasteiger partial charge in [-0.15, -0.1) is 0 Å². The molecule has 3 heterocycles. The number of hydrogen-bond donors (Lipinski definition) is 1. The van der Waals surface area contributed by atoms with E-state index in [-0.39, 0.29) is 35.5 Å². The van der Waals surface area contributed by atoms with Crippen LogP contribution in [0.25, 0.3) is 22.0 Å². The van der Waals surface area contributed by atoms with Crippen LogP contribution in [-0.4, -0.2) is 43.7 Å². The van der Waals surface area contributed by atoms with E-state index in [1.165, 1.54) is 0 Å². The van der Waals surface area contributed by atoms with Crippen LogP contribution < -0.4 is 5.73 Å². The first kappa shape index (κ1) is 23.2. The Kier molecular flexibility index (Phi) is 5.63. The van der Waals surface area contributed by atoms with Crippen LogP contribution in [0.4, 0.5) is 5.95 Å². The third kappa shape index (κ3) is 4.00. The minimum absolute atomic E-state index is 0.0351. The van der Waals surface area contributed by atoms with Gasteiger partial charge in [-0.05, 0) is 67.1 Å². The maximum Gasteiger partial charge on any atom is 0.273 e. The summed E-state index contributed by atoms with van der Waals surface area (Å²) in [6, 6.07) is 21.8. The summed E-state index contributed by atoms with van der Waals surface area (Å²) in [4.78, 5) is 39.9. The lowest BCUT2D eigenvalue weighted by molar-refractivity contribution is 0.0692. The molecule has 2 amide bonds. The molecule has 186 valence electrons. The highest BCUT2D eigenvalue weighted by Gasteiger charge is 2.33. The summed E-state index contributed by atoms with van der Waals surface area (Å²) in [5.74, 6) is -0.0858. The highest BCUT2D eigenvalue weighted by Crippen LogP contribution is 2.33. The molecule has 6 rings (SSSR count). The molecule has 0 bridgehead atoms. The summed E-state index contributed by atoms with van der Waals surface area (Å²) >= 11 is 0. The fourth-order valence-corrected chi connectivity index (χ4v) is 5.76. The molecule has 0 saturated carbocycles. The summed E-state index contributed by atoms with van der Waals surface area (Å²) < 4.78 is 0. The lowest BCUT2D eigenvalue weighted by Gasteiger charge is -2.27. The van der Waals surface area contributed by atoms with Crippen molar-refractivity contribution in [1.82, 2.24) is 19.8 Å². The number of rotatable bonds is 3. The number of carbonyl (C=O) groups excluding carboxylic acids is 2. The van der Waals surface area contributed by atoms with E-state index in [0.717, 1.165) is 35.1 Å². The van der Waals surface area contributed by atoms with E-state index in [4.69, 9.17) is 5.73 Å². The second kappa shape index (κ2) is 9.00. The van der Waals surface area contributed by atoms with E-state index in [0.29, 0.717) is 29.6 Å². The number of anilines is 1. The van der Waals surface area contributed by atoms with Crippen LogP contribution in [0.1, 0.15) is 58.7 Å². The molecular formula is C30H29N5O2. The number of nitrogens with zero attached hydrogens (tertiary/aromatic N) is 4. The maximum absolute atomic E-state index is 13.7. The second-order valence-corrected chi connectivity index (χ2v) is 10.1. The number of hydrogen-bond acceptors (Lipinski definition) is 5. The first-order valence-electron chi connectivity index (χ1n) is 12.8. The van der Waals surface area contributed by atoms with Crippen molar-refractivity contribution in [2.45, 2.75) is 51.9 Å². The number of aromatic nitrogens is 2. The summed E-state index contributed by atoms with van der Waals surface area (Å²) in [5, 5.41) is 0.623. The van der Waals surface area contributed by atoms with Gasteiger partial charge in [0.1, 0.15) is 5.69 Å². The smallest absolute Gasteiger partial charge is 0.273 e. The number of nitrogen functional groups attached to an aromatic ring is 1. The molecule has 37 heavy (non-hydrogen) atoms. The first-order valence-corrected chi connectivity index (χ1v) is 12.8. The molecule has 0 radical (unpaired) electrons. The van der Waals surface area contributed by atoms with Crippen LogP contribution in [0.5, 0.6) is 0 Å². The summed E-state index contributed by atoms with van der Waals surface area (Å²) in [6.07, 6.45) is 2.02. The van der Waals surface area contributed by atoms with Crippen LogP contribution in [0.3, 0.4) is 0 Å². The highest BCUT2D eigenvalue weighted by molar-refractivity contribution is 6.07. The standard InChI is InChI=1S/C30H29N5O2/c1-18-11-12-19(2)35(18)28(36)24-10-6-5-9-23(24)20-13-14-26-25(15-20)27(33-30(31)32-26)29(37)34-16-21-7-3-4-8-22(21)17-34/h3-10,13-15,18-19H,11-12,16-17H2,1-2H3,(H2,31,32,33). The van der Waals surface area contributed by atoms with Crippen molar-refractivity contribution in [3.05, 3.63) is 89.1 Å². The van der Waals surface area contributed by atoms with Gasteiger partial charge in [0.05, 0.1) is 5.52 Å². The SMILES string of the molecule is CC1CCC(C)N1C(=O)c1ccccc1-c1ccc2nc(N)nc(C(=O)N3Cc4ccccc4C3)c2c1. The maximum atomic E-state index is 13.7. The molecule has 1 saturated heterocycles. The van der Waals surface area contributed by atoms with Crippen molar-refractivity contribution in [2.75, 3.05) is 5.73 Å². The average molecular weight is 492 g/mol. The predicted molar refractivity (Wildman–Crippen MR) is 144 cm³/mol. The Labute approximate surface area is 215 Å². The van der Waals surface area contributed by atoms with Crippen LogP contribution in [0.2, 0.25) is 0 Å². The summed E-state index contributed by atoms with van der Waals surface area (Å²) in [6.45, 7) is 5.28. The minimum Gasteiger partial charge on any atom is -0.368 e. The molecule has 2 aliphatic heterocycles. The molecule has 7 nitrogen and oxygen atoms in total. The van der Waals surface area contributed by atoms with Gasteiger partial charge in [-0.2, -0.15) is 0 Å². The summed E-state index contributed by atoms with van der Waals surface area (Å²) in [5.41, 5.74) is 11.5. The molecule has 2 aliphatic rings. The monoisotopic (exact) mass is 491 g/mol. The van der Waals surface area contributed by atoms with Crippen molar-refractivity contribution < 1.29 is 9.59 Å². The minimum atomic E-state index is -0.184. The van der Waals surface area contributed by atoms with Crippen LogP contribution >= 0.6 is 0 Å². The Morgan fingerprint density at radius 3 is 2.19 bits per heavy atom. The van der Waals surface area contributed by atoms with Gasteiger partial charge < -0.3 is 15.5 Å². The number of fused-ring (bicyclic) bond motifs is 2. The van der Waals surface area contributed by atoms with E-state index in [1.807, 2.05) is 71.6 Å². The Bertz CT molecular complexity index is 1510. The molecule has 3 aromatic carbocycles. The molecule has 2 unspecified atom stereocenters. The normalized spacial score (nSPS) is 18.9. The fraction of sp³-hybridized carbons (Fsp3) is 0.267. The molecule has 7 heteroatoms. The van der Waals surface area contributed by atoms with Crippen molar-refractivity contribution in [1.29, 1.82) is 0 Å². The number of carbonyl (C=O) groups is 2. The number of nitrogens with two attached hydrogens (primary N) is 1. The molecule has 2 atom stereocenters. The predicted octanol–water partition coefficient (Wildman–Crippen LogP) is 5.05. The van der Waals surface area contributed by atoms with E-state index in [2.05, 4.69) is 23.8 Å². The lowest BCUT2D eigenvalue weighted by Crippen LogP contribution is -2.38. The van der Waals surface area contributed by atoms with E-state index < -0.39 is 0 Å². The number of benzene rings is 3. The second-order valence-electron chi connectivity index (χ2n) is 10.1. The quantitative estimate of drug-likeness (QED) is 0.433. The lowest BCUT2D eigenvalue weighted by atomic mass is 9.96. The molecule has 1 aromatic heterocycles. The summed E-state index contributed by atoms with van der Waals surface area (Å²) in [7, 11) is 0. The highest BCUT2D eigenvalue weighted by atomic mass is 16.2. The van der Waals surface area contributed by atoms with Crippen molar-refractivity contribution in [3.8, 4) is 11.1 Å². The fourth-order valence-electron chi connectivity index (χ4n) is 5.76. The van der Waals surface area contributed by atoms with Gasteiger partial charge in [-0.3, -0.25) is 9.59 Å². The van der Waals surface area contributed by atoms with Gasteiger partial charge in [-0.25, -0.2) is 9.97 Å². The van der Waals surface area contributed by atoms with Gasteiger partial charge in [0.2, 0.25) is 5.95 Å². The van der Waals surface area contributed by atoms with Crippen molar-refractivity contribution in [3.63, 3.8) is 0 Å². The van der Waals surface area contributed by atoms with Gasteiger partial charge >= 0.3 is 0 Å². The van der Waals surface area contributed by atoms with Crippen LogP contribution in [0, 0.1) is 0 Å². The Morgan fingerprint density at radius 1 is 0.838 bits per heavy atom.